The van der Waals surface area contributed by atoms with Crippen molar-refractivity contribution in [3.05, 3.63) is 23.2 Å². The number of ether oxygens (including phenoxy) is 2. The SMILES string of the molecule is CCOc1ccc(S(=O)(=O)N(C)CC(=O)N[C@@H](C)COC)cc1Cl. The van der Waals surface area contributed by atoms with Gasteiger partial charge in [0.05, 0.1) is 29.7 Å². The molecule has 1 atom stereocenters. The topological polar surface area (TPSA) is 84.9 Å². The number of sulfonamides is 1. The van der Waals surface area contributed by atoms with Gasteiger partial charge in [0.25, 0.3) is 0 Å². The van der Waals surface area contributed by atoms with Gasteiger partial charge in [0.15, 0.2) is 0 Å². The largest absolute Gasteiger partial charge is 0.492 e. The van der Waals surface area contributed by atoms with Crippen LogP contribution in [0.5, 0.6) is 5.75 Å². The highest BCUT2D eigenvalue weighted by atomic mass is 35.5. The number of carbonyl (C=O) groups excluding carboxylic acids is 1. The molecule has 0 saturated heterocycles. The zero-order valence-corrected chi connectivity index (χ0v) is 15.8. The normalized spacial score (nSPS) is 12.9. The first-order chi connectivity index (χ1) is 11.2. The van der Waals surface area contributed by atoms with Crippen LogP contribution in [0.3, 0.4) is 0 Å². The number of methoxy groups -OCH3 is 1. The average molecular weight is 379 g/mol. The van der Waals surface area contributed by atoms with Gasteiger partial charge < -0.3 is 14.8 Å². The second-order valence-corrected chi connectivity index (χ2v) is 7.66. The molecular formula is C15H23ClN2O5S. The van der Waals surface area contributed by atoms with Crippen LogP contribution in [0.15, 0.2) is 23.1 Å². The molecule has 0 unspecified atom stereocenters. The Hall–Kier alpha value is -1.35. The van der Waals surface area contributed by atoms with Crippen molar-refractivity contribution in [3.8, 4) is 5.75 Å². The molecule has 9 heteroatoms. The van der Waals surface area contributed by atoms with Gasteiger partial charge in [-0.3, -0.25) is 4.79 Å². The van der Waals surface area contributed by atoms with E-state index in [4.69, 9.17) is 21.1 Å². The van der Waals surface area contributed by atoms with Gasteiger partial charge in [-0.25, -0.2) is 8.42 Å². The molecule has 0 fully saturated rings. The fourth-order valence-electron chi connectivity index (χ4n) is 1.99. The van der Waals surface area contributed by atoms with Gasteiger partial charge in [-0.15, -0.1) is 0 Å². The maximum Gasteiger partial charge on any atom is 0.243 e. The fraction of sp³-hybridized carbons (Fsp3) is 0.533. The van der Waals surface area contributed by atoms with Crippen molar-refractivity contribution >= 4 is 27.5 Å². The summed E-state index contributed by atoms with van der Waals surface area (Å²) < 4.78 is 36.2. The summed E-state index contributed by atoms with van der Waals surface area (Å²) in [4.78, 5) is 11.9. The highest BCUT2D eigenvalue weighted by Gasteiger charge is 2.24. The Kier molecular flexibility index (Phi) is 7.95. The summed E-state index contributed by atoms with van der Waals surface area (Å²) in [5, 5.41) is 2.85. The minimum absolute atomic E-state index is 0.00352. The third-order valence-corrected chi connectivity index (χ3v) is 5.20. The van der Waals surface area contributed by atoms with Gasteiger partial charge in [0, 0.05) is 20.2 Å². The van der Waals surface area contributed by atoms with Crippen molar-refractivity contribution in [1.29, 1.82) is 0 Å². The van der Waals surface area contributed by atoms with E-state index in [0.29, 0.717) is 19.0 Å². The van der Waals surface area contributed by atoms with E-state index in [1.54, 1.807) is 13.8 Å². The lowest BCUT2D eigenvalue weighted by Gasteiger charge is -2.19. The number of rotatable bonds is 9. The summed E-state index contributed by atoms with van der Waals surface area (Å²) in [5.74, 6) is -0.00504. The number of halogens is 1. The van der Waals surface area contributed by atoms with Crippen LogP contribution in [0, 0.1) is 0 Å². The first kappa shape index (κ1) is 20.7. The minimum Gasteiger partial charge on any atom is -0.492 e. The molecule has 0 radical (unpaired) electrons. The van der Waals surface area contributed by atoms with Crippen LogP contribution in [0.4, 0.5) is 0 Å². The molecule has 1 aromatic rings. The molecule has 0 aliphatic rings. The van der Waals surface area contributed by atoms with Crippen LogP contribution in [-0.2, 0) is 19.6 Å². The van der Waals surface area contributed by atoms with Crippen LogP contribution < -0.4 is 10.1 Å². The molecule has 0 saturated carbocycles. The van der Waals surface area contributed by atoms with Crippen LogP contribution >= 0.6 is 11.6 Å². The molecule has 0 aromatic heterocycles. The van der Waals surface area contributed by atoms with Crippen molar-refractivity contribution in [2.75, 3.05) is 33.9 Å². The molecule has 7 nitrogen and oxygen atoms in total. The molecule has 1 N–H and O–H groups in total. The molecule has 24 heavy (non-hydrogen) atoms. The third kappa shape index (κ3) is 5.62. The summed E-state index contributed by atoms with van der Waals surface area (Å²) in [6, 6.07) is 3.99. The lowest BCUT2D eigenvalue weighted by atomic mass is 10.3. The van der Waals surface area contributed by atoms with Gasteiger partial charge in [-0.1, -0.05) is 11.6 Å². The molecule has 1 amide bonds. The van der Waals surface area contributed by atoms with E-state index in [9.17, 15) is 13.2 Å². The van der Waals surface area contributed by atoms with E-state index >= 15 is 0 Å². The smallest absolute Gasteiger partial charge is 0.243 e. The maximum absolute atomic E-state index is 12.5. The summed E-state index contributed by atoms with van der Waals surface area (Å²) in [7, 11) is -0.979. The van der Waals surface area contributed by atoms with Crippen LogP contribution in [0.25, 0.3) is 0 Å². The monoisotopic (exact) mass is 378 g/mol. The molecule has 1 rings (SSSR count). The number of hydrogen-bond donors (Lipinski definition) is 1. The van der Waals surface area contributed by atoms with E-state index in [-0.39, 0.29) is 22.5 Å². The predicted molar refractivity (Wildman–Crippen MR) is 91.9 cm³/mol. The molecule has 0 aliphatic heterocycles. The van der Waals surface area contributed by atoms with Gasteiger partial charge in [-0.2, -0.15) is 4.31 Å². The summed E-state index contributed by atoms with van der Waals surface area (Å²) in [6.45, 7) is 4.03. The van der Waals surface area contributed by atoms with Crippen molar-refractivity contribution in [2.24, 2.45) is 0 Å². The summed E-state index contributed by atoms with van der Waals surface area (Å²) in [5.41, 5.74) is 0. The highest BCUT2D eigenvalue weighted by molar-refractivity contribution is 7.89. The number of benzene rings is 1. The lowest BCUT2D eigenvalue weighted by Crippen LogP contribution is -2.43. The molecule has 1 aromatic carbocycles. The molecule has 0 aliphatic carbocycles. The average Bonchev–Trinajstić information content (AvgIpc) is 2.49. The molecule has 0 bridgehead atoms. The molecule has 136 valence electrons. The lowest BCUT2D eigenvalue weighted by molar-refractivity contribution is -0.122. The Morgan fingerprint density at radius 1 is 1.42 bits per heavy atom. The van der Waals surface area contributed by atoms with Crippen LogP contribution in [0.1, 0.15) is 13.8 Å². The number of nitrogens with one attached hydrogen (secondary N) is 1. The Morgan fingerprint density at radius 3 is 2.62 bits per heavy atom. The second-order valence-electron chi connectivity index (χ2n) is 5.21. The van der Waals surface area contributed by atoms with E-state index in [1.165, 1.54) is 32.4 Å². The third-order valence-electron chi connectivity index (χ3n) is 3.10. The summed E-state index contributed by atoms with van der Waals surface area (Å²) in [6.07, 6.45) is 0. The zero-order chi connectivity index (χ0) is 18.3. The second kappa shape index (κ2) is 9.22. The van der Waals surface area contributed by atoms with Crippen molar-refractivity contribution in [3.63, 3.8) is 0 Å². The number of likely N-dealkylation sites (N-methyl/N-ethyl adjacent to an activating group) is 1. The van der Waals surface area contributed by atoms with E-state index in [1.807, 2.05) is 0 Å². The standard InChI is InChI=1S/C15H23ClN2O5S/c1-5-23-14-7-6-12(8-13(14)16)24(20,21)18(3)9-15(19)17-11(2)10-22-4/h6-8,11H,5,9-10H2,1-4H3,(H,17,19)/t11-/m0/s1. The Bertz CT molecular complexity index is 666. The van der Waals surface area contributed by atoms with Crippen molar-refractivity contribution in [2.45, 2.75) is 24.8 Å². The predicted octanol–water partition coefficient (Wildman–Crippen LogP) is 1.51. The first-order valence-corrected chi connectivity index (χ1v) is 9.21. The molecular weight excluding hydrogens is 356 g/mol. The molecule has 0 spiro atoms. The molecule has 0 heterocycles. The first-order valence-electron chi connectivity index (χ1n) is 7.39. The summed E-state index contributed by atoms with van der Waals surface area (Å²) >= 11 is 6.03. The number of nitrogens with zero attached hydrogens (tertiary/aromatic N) is 1. The van der Waals surface area contributed by atoms with Gasteiger partial charge in [0.2, 0.25) is 15.9 Å². The maximum atomic E-state index is 12.5. The Labute approximate surface area is 147 Å². The van der Waals surface area contributed by atoms with E-state index in [0.717, 1.165) is 4.31 Å². The fourth-order valence-corrected chi connectivity index (χ4v) is 3.45. The van der Waals surface area contributed by atoms with Gasteiger partial charge in [-0.05, 0) is 32.0 Å². The van der Waals surface area contributed by atoms with Crippen LogP contribution in [-0.4, -0.2) is 58.6 Å². The quantitative estimate of drug-likeness (QED) is 0.704. The van der Waals surface area contributed by atoms with Gasteiger partial charge in [0.1, 0.15) is 5.75 Å². The Balaban J connectivity index is 2.83. The number of amides is 1. The van der Waals surface area contributed by atoms with Gasteiger partial charge >= 0.3 is 0 Å². The van der Waals surface area contributed by atoms with Crippen LogP contribution in [0.2, 0.25) is 5.02 Å². The van der Waals surface area contributed by atoms with E-state index in [2.05, 4.69) is 5.32 Å². The van der Waals surface area contributed by atoms with Crippen molar-refractivity contribution < 1.29 is 22.7 Å². The minimum atomic E-state index is -3.84. The van der Waals surface area contributed by atoms with E-state index < -0.39 is 15.9 Å². The Morgan fingerprint density at radius 2 is 2.08 bits per heavy atom. The number of carbonyl (C=O) groups is 1. The van der Waals surface area contributed by atoms with Crippen molar-refractivity contribution in [1.82, 2.24) is 9.62 Å². The number of hydrogen-bond acceptors (Lipinski definition) is 5. The highest BCUT2D eigenvalue weighted by Crippen LogP contribution is 2.28. The zero-order valence-electron chi connectivity index (χ0n) is 14.2.